The van der Waals surface area contributed by atoms with Crippen molar-refractivity contribution in [3.63, 3.8) is 0 Å². The lowest BCUT2D eigenvalue weighted by Crippen LogP contribution is -2.31. The minimum atomic E-state index is -3.73. The number of β-amino-alcohol motifs (C(OH)–C–C–N with tert-alkyl or cyclic N) is 1. The molecule has 0 unspecified atom stereocenters. The van der Waals surface area contributed by atoms with Crippen molar-refractivity contribution in [2.75, 3.05) is 33.3 Å². The van der Waals surface area contributed by atoms with Gasteiger partial charge in [0.05, 0.1) is 11.4 Å². The molecule has 1 fully saturated rings. The average molecular weight is 421 g/mol. The molecular formula is C21H28N2O5S. The highest BCUT2D eigenvalue weighted by atomic mass is 32.2. The van der Waals surface area contributed by atoms with Crippen LogP contribution in [0.25, 0.3) is 0 Å². The predicted molar refractivity (Wildman–Crippen MR) is 111 cm³/mol. The first kappa shape index (κ1) is 21.6. The highest BCUT2D eigenvalue weighted by molar-refractivity contribution is 7.89. The van der Waals surface area contributed by atoms with Gasteiger partial charge in [-0.25, -0.2) is 8.42 Å². The monoisotopic (exact) mass is 420 g/mol. The van der Waals surface area contributed by atoms with Crippen LogP contribution in [0, 0.1) is 13.8 Å². The van der Waals surface area contributed by atoms with Crippen molar-refractivity contribution in [3.05, 3.63) is 53.6 Å². The average Bonchev–Trinajstić information content (AvgIpc) is 3.07. The molecule has 2 aromatic rings. The lowest BCUT2D eigenvalue weighted by molar-refractivity contribution is 0.0737. The van der Waals surface area contributed by atoms with Gasteiger partial charge >= 0.3 is 0 Å². The van der Waals surface area contributed by atoms with E-state index in [2.05, 4.69) is 5.32 Å². The minimum absolute atomic E-state index is 0.00172. The maximum absolute atomic E-state index is 13.0. The summed E-state index contributed by atoms with van der Waals surface area (Å²) in [4.78, 5) is 0.164. The molecule has 2 atom stereocenters. The topological polar surface area (TPSA) is 88.1 Å². The molecule has 0 amide bonds. The third-order valence-electron chi connectivity index (χ3n) is 5.05. The Morgan fingerprint density at radius 3 is 2.41 bits per heavy atom. The van der Waals surface area contributed by atoms with Crippen LogP contribution in [-0.2, 0) is 10.0 Å². The summed E-state index contributed by atoms with van der Waals surface area (Å²) in [5, 5.41) is 13.3. The number of hydrogen-bond donors (Lipinski definition) is 2. The van der Waals surface area contributed by atoms with Gasteiger partial charge in [0.15, 0.2) is 0 Å². The Balaban J connectivity index is 1.67. The van der Waals surface area contributed by atoms with Crippen LogP contribution < -0.4 is 14.8 Å². The van der Waals surface area contributed by atoms with Crippen LogP contribution >= 0.6 is 0 Å². The van der Waals surface area contributed by atoms with E-state index in [0.717, 1.165) is 11.1 Å². The van der Waals surface area contributed by atoms with Crippen LogP contribution in [0.2, 0.25) is 0 Å². The maximum atomic E-state index is 13.0. The van der Waals surface area contributed by atoms with Crippen molar-refractivity contribution in [3.8, 4) is 11.5 Å². The summed E-state index contributed by atoms with van der Waals surface area (Å²) in [5.74, 6) is 1.23. The molecule has 1 saturated heterocycles. The Morgan fingerprint density at radius 1 is 1.07 bits per heavy atom. The molecule has 0 spiro atoms. The number of aliphatic hydroxyl groups excluding tert-OH is 1. The van der Waals surface area contributed by atoms with Crippen LogP contribution in [0.5, 0.6) is 11.5 Å². The van der Waals surface area contributed by atoms with E-state index in [0.29, 0.717) is 24.7 Å². The number of sulfonamides is 1. The second kappa shape index (κ2) is 9.13. The van der Waals surface area contributed by atoms with Gasteiger partial charge in [0.2, 0.25) is 10.0 Å². The fraction of sp³-hybridized carbons (Fsp3) is 0.429. The standard InChI is InChI=1S/C21H28N2O5S/c1-15-4-5-18(12-16(15)2)28-21-14-23(13-20(21)24)29(25,26)19-8-6-17(7-9-19)27-11-10-22-3/h4-9,12,20-22,24H,10-11,13-14H2,1-3H3/t20-,21-/m0/s1. The molecule has 0 aromatic heterocycles. The van der Waals surface area contributed by atoms with Crippen LogP contribution in [0.15, 0.2) is 47.4 Å². The molecule has 29 heavy (non-hydrogen) atoms. The predicted octanol–water partition coefficient (Wildman–Crippen LogP) is 1.71. The summed E-state index contributed by atoms with van der Waals surface area (Å²) < 4.78 is 38.6. The lowest BCUT2D eigenvalue weighted by atomic mass is 10.1. The number of ether oxygens (including phenoxy) is 2. The number of rotatable bonds is 8. The summed E-state index contributed by atoms with van der Waals surface area (Å²) in [5.41, 5.74) is 2.23. The second-order valence-corrected chi connectivity index (χ2v) is 9.15. The van der Waals surface area contributed by atoms with Crippen molar-refractivity contribution in [1.82, 2.24) is 9.62 Å². The molecule has 7 nitrogen and oxygen atoms in total. The van der Waals surface area contributed by atoms with Gasteiger partial charge in [-0.15, -0.1) is 0 Å². The molecular weight excluding hydrogens is 392 g/mol. The van der Waals surface area contributed by atoms with Gasteiger partial charge in [0.25, 0.3) is 0 Å². The smallest absolute Gasteiger partial charge is 0.243 e. The van der Waals surface area contributed by atoms with E-state index in [4.69, 9.17) is 9.47 Å². The molecule has 0 radical (unpaired) electrons. The fourth-order valence-corrected chi connectivity index (χ4v) is 4.60. The number of nitrogens with zero attached hydrogens (tertiary/aromatic N) is 1. The number of nitrogens with one attached hydrogen (secondary N) is 1. The minimum Gasteiger partial charge on any atom is -0.492 e. The zero-order chi connectivity index (χ0) is 21.0. The quantitative estimate of drug-likeness (QED) is 0.632. The first-order chi connectivity index (χ1) is 13.8. The Labute approximate surface area is 172 Å². The zero-order valence-electron chi connectivity index (χ0n) is 17.0. The van der Waals surface area contributed by atoms with Crippen molar-refractivity contribution >= 4 is 10.0 Å². The summed E-state index contributed by atoms with van der Waals surface area (Å²) in [6.45, 7) is 5.28. The van der Waals surface area contributed by atoms with Crippen LogP contribution in [-0.4, -0.2) is 63.3 Å². The first-order valence-electron chi connectivity index (χ1n) is 9.61. The highest BCUT2D eigenvalue weighted by Crippen LogP contribution is 2.26. The Morgan fingerprint density at radius 2 is 1.76 bits per heavy atom. The molecule has 0 aliphatic carbocycles. The molecule has 8 heteroatoms. The van der Waals surface area contributed by atoms with Gasteiger partial charge in [-0.3, -0.25) is 0 Å². The Bertz CT molecular complexity index is 931. The molecule has 3 rings (SSSR count). The summed E-state index contributed by atoms with van der Waals surface area (Å²) in [7, 11) is -1.89. The SMILES string of the molecule is CNCCOc1ccc(S(=O)(=O)N2C[C@H](Oc3ccc(C)c(C)c3)[C@@H](O)C2)cc1. The van der Waals surface area contributed by atoms with Gasteiger partial charge in [-0.05, 0) is 68.4 Å². The molecule has 0 bridgehead atoms. The number of aryl methyl sites for hydroxylation is 2. The van der Waals surface area contributed by atoms with E-state index >= 15 is 0 Å². The molecule has 2 N–H and O–H groups in total. The Hall–Kier alpha value is -2.13. The van der Waals surface area contributed by atoms with Crippen molar-refractivity contribution < 1.29 is 23.0 Å². The van der Waals surface area contributed by atoms with Crippen LogP contribution in [0.1, 0.15) is 11.1 Å². The van der Waals surface area contributed by atoms with E-state index in [1.54, 1.807) is 12.1 Å². The summed E-state index contributed by atoms with van der Waals surface area (Å²) >= 11 is 0. The van der Waals surface area contributed by atoms with E-state index < -0.39 is 22.2 Å². The molecule has 158 valence electrons. The van der Waals surface area contributed by atoms with Gasteiger partial charge in [0, 0.05) is 13.1 Å². The van der Waals surface area contributed by atoms with Gasteiger partial charge in [-0.1, -0.05) is 6.07 Å². The van der Waals surface area contributed by atoms with E-state index in [1.165, 1.54) is 16.4 Å². The van der Waals surface area contributed by atoms with Crippen LogP contribution in [0.3, 0.4) is 0 Å². The van der Waals surface area contributed by atoms with E-state index in [-0.39, 0.29) is 18.0 Å². The normalized spacial score (nSPS) is 20.0. The fourth-order valence-electron chi connectivity index (χ4n) is 3.13. The molecule has 1 heterocycles. The lowest BCUT2D eigenvalue weighted by Gasteiger charge is -2.18. The third-order valence-corrected chi connectivity index (χ3v) is 6.90. The van der Waals surface area contributed by atoms with E-state index in [9.17, 15) is 13.5 Å². The Kier molecular flexibility index (Phi) is 6.79. The zero-order valence-corrected chi connectivity index (χ0v) is 17.8. The summed E-state index contributed by atoms with van der Waals surface area (Å²) in [6, 6.07) is 12.0. The highest BCUT2D eigenvalue weighted by Gasteiger charge is 2.40. The maximum Gasteiger partial charge on any atom is 0.243 e. The first-order valence-corrected chi connectivity index (χ1v) is 11.0. The van der Waals surface area contributed by atoms with Crippen molar-refractivity contribution in [2.45, 2.75) is 31.0 Å². The third kappa shape index (κ3) is 5.08. The number of aliphatic hydroxyl groups is 1. The van der Waals surface area contributed by atoms with Crippen molar-refractivity contribution in [2.24, 2.45) is 0 Å². The molecule has 1 aliphatic heterocycles. The van der Waals surface area contributed by atoms with E-state index in [1.807, 2.05) is 39.1 Å². The summed E-state index contributed by atoms with van der Waals surface area (Å²) in [6.07, 6.45) is -1.51. The number of hydrogen-bond acceptors (Lipinski definition) is 6. The van der Waals surface area contributed by atoms with Crippen LogP contribution in [0.4, 0.5) is 0 Å². The van der Waals surface area contributed by atoms with Gasteiger partial charge < -0.3 is 19.9 Å². The largest absolute Gasteiger partial charge is 0.492 e. The number of likely N-dealkylation sites (N-methyl/N-ethyl adjacent to an activating group) is 1. The number of benzene rings is 2. The molecule has 1 aliphatic rings. The van der Waals surface area contributed by atoms with Crippen molar-refractivity contribution in [1.29, 1.82) is 0 Å². The van der Waals surface area contributed by atoms with Gasteiger partial charge in [-0.2, -0.15) is 4.31 Å². The van der Waals surface area contributed by atoms with Gasteiger partial charge in [0.1, 0.15) is 30.3 Å². The molecule has 2 aromatic carbocycles. The second-order valence-electron chi connectivity index (χ2n) is 7.22. The molecule has 0 saturated carbocycles.